The van der Waals surface area contributed by atoms with Gasteiger partial charge in [0.2, 0.25) is 0 Å². The third kappa shape index (κ3) is 7.96. The Balaban J connectivity index is 1.41. The summed E-state index contributed by atoms with van der Waals surface area (Å²) in [5, 5.41) is 9.82. The summed E-state index contributed by atoms with van der Waals surface area (Å²) in [6.07, 6.45) is 16.5. The van der Waals surface area contributed by atoms with E-state index in [1.54, 1.807) is 11.0 Å². The molecule has 3 amide bonds. The molecule has 5 rings (SSSR count). The highest BCUT2D eigenvalue weighted by Gasteiger charge is 2.26. The van der Waals surface area contributed by atoms with Gasteiger partial charge in [-0.05, 0) is 95.9 Å². The van der Waals surface area contributed by atoms with E-state index in [9.17, 15) is 9.59 Å². The fraction of sp³-hybridized carbons (Fsp3) is 0.324. The molecule has 0 spiro atoms. The summed E-state index contributed by atoms with van der Waals surface area (Å²) < 4.78 is 0. The Morgan fingerprint density at radius 1 is 1.00 bits per heavy atom. The average molecular weight is 619 g/mol. The SMILES string of the molecule is CC1CC(C(=O)[NH+]=C(N)/N=N\N)=CC=C1CN(C(=O)NCC1=C(c2ccccc2)C=CCC1C)c1ccc(C2=CCCCC2)cc1. The molecule has 0 fully saturated rings. The largest absolute Gasteiger partial charge is 0.414 e. The number of rotatable bonds is 8. The zero-order valence-electron chi connectivity index (χ0n) is 26.7. The lowest BCUT2D eigenvalue weighted by Gasteiger charge is -2.30. The summed E-state index contributed by atoms with van der Waals surface area (Å²) in [7, 11) is 0. The minimum Gasteiger partial charge on any atom is -0.334 e. The number of guanidine groups is 1. The molecule has 0 heterocycles. The van der Waals surface area contributed by atoms with E-state index in [2.05, 4.69) is 77.0 Å². The number of amides is 3. The Labute approximate surface area is 271 Å². The Kier molecular flexibility index (Phi) is 10.8. The molecule has 2 aromatic carbocycles. The fourth-order valence-electron chi connectivity index (χ4n) is 6.32. The van der Waals surface area contributed by atoms with Crippen molar-refractivity contribution in [3.63, 3.8) is 0 Å². The van der Waals surface area contributed by atoms with Gasteiger partial charge in [0.25, 0.3) is 0 Å². The van der Waals surface area contributed by atoms with Gasteiger partial charge in [0, 0.05) is 29.6 Å². The van der Waals surface area contributed by atoms with Gasteiger partial charge in [0.05, 0.1) is 5.11 Å². The zero-order chi connectivity index (χ0) is 32.5. The van der Waals surface area contributed by atoms with Crippen molar-refractivity contribution in [2.45, 2.75) is 52.4 Å². The fourth-order valence-corrected chi connectivity index (χ4v) is 6.32. The second kappa shape index (κ2) is 15.3. The molecule has 0 aromatic heterocycles. The Morgan fingerprint density at radius 3 is 2.48 bits per heavy atom. The molecule has 3 aliphatic carbocycles. The number of urea groups is 1. The lowest BCUT2D eigenvalue weighted by atomic mass is 9.85. The van der Waals surface area contributed by atoms with Crippen LogP contribution in [0.15, 0.2) is 112 Å². The van der Waals surface area contributed by atoms with E-state index in [1.807, 2.05) is 36.4 Å². The summed E-state index contributed by atoms with van der Waals surface area (Å²) in [6, 6.07) is 18.5. The summed E-state index contributed by atoms with van der Waals surface area (Å²) in [5.41, 5.74) is 14.2. The van der Waals surface area contributed by atoms with Crippen LogP contribution in [0.5, 0.6) is 0 Å². The van der Waals surface area contributed by atoms with Crippen LogP contribution < -0.4 is 26.8 Å². The summed E-state index contributed by atoms with van der Waals surface area (Å²) in [5.74, 6) is 4.83. The number of anilines is 1. The van der Waals surface area contributed by atoms with Crippen LogP contribution in [0.4, 0.5) is 10.5 Å². The minimum absolute atomic E-state index is 0.0148. The molecule has 3 aliphatic rings. The maximum Gasteiger partial charge on any atom is 0.414 e. The van der Waals surface area contributed by atoms with Crippen molar-refractivity contribution in [3.05, 3.63) is 113 Å². The van der Waals surface area contributed by atoms with E-state index < -0.39 is 0 Å². The van der Waals surface area contributed by atoms with Crippen LogP contribution >= 0.6 is 0 Å². The van der Waals surface area contributed by atoms with Crippen molar-refractivity contribution < 1.29 is 14.6 Å². The number of hydrogen-bond acceptors (Lipinski definition) is 3. The Hall–Kier alpha value is -5.05. The van der Waals surface area contributed by atoms with Gasteiger partial charge in [0.15, 0.2) is 0 Å². The van der Waals surface area contributed by atoms with Crippen molar-refractivity contribution in [2.24, 2.45) is 33.7 Å². The maximum absolute atomic E-state index is 14.1. The van der Waals surface area contributed by atoms with Gasteiger partial charge in [-0.25, -0.2) is 9.79 Å². The predicted molar refractivity (Wildman–Crippen MR) is 184 cm³/mol. The van der Waals surface area contributed by atoms with Gasteiger partial charge >= 0.3 is 17.9 Å². The van der Waals surface area contributed by atoms with E-state index >= 15 is 0 Å². The van der Waals surface area contributed by atoms with E-state index in [0.29, 0.717) is 31.0 Å². The summed E-state index contributed by atoms with van der Waals surface area (Å²) in [4.78, 5) is 31.1. The number of nitrogens with zero attached hydrogens (tertiary/aromatic N) is 3. The van der Waals surface area contributed by atoms with Gasteiger partial charge in [-0.1, -0.05) is 86.7 Å². The number of benzene rings is 2. The zero-order valence-corrected chi connectivity index (χ0v) is 26.7. The number of hydrogen-bond donors (Lipinski definition) is 4. The van der Waals surface area contributed by atoms with E-state index in [4.69, 9.17) is 11.6 Å². The molecule has 46 heavy (non-hydrogen) atoms. The topological polar surface area (TPSA) is 140 Å². The molecule has 0 aliphatic heterocycles. The van der Waals surface area contributed by atoms with Crippen molar-refractivity contribution in [1.29, 1.82) is 0 Å². The maximum atomic E-state index is 14.1. The number of carbonyl (C=O) groups excluding carboxylic acids is 2. The molecular formula is C37H44N7O2+. The highest BCUT2D eigenvalue weighted by molar-refractivity contribution is 5.94. The van der Waals surface area contributed by atoms with E-state index in [1.165, 1.54) is 35.1 Å². The van der Waals surface area contributed by atoms with E-state index in [-0.39, 0.29) is 23.8 Å². The molecule has 2 atom stereocenters. The molecule has 0 bridgehead atoms. The quantitative estimate of drug-likeness (QED) is 0.104. The van der Waals surface area contributed by atoms with Crippen molar-refractivity contribution >= 4 is 34.7 Å². The number of nitrogens with one attached hydrogen (secondary N) is 2. The first-order valence-corrected chi connectivity index (χ1v) is 16.1. The standard InChI is InChI=1S/C37H43N7O2/c1-25-10-9-15-33(29-13-7-4-8-14-29)34(25)23-40-37(46)44(32-20-18-28(19-21-32)27-11-5-3-6-12-27)24-31-17-16-30(22-26(31)2)35(45)41-36(38)42-43-39/h4,7-9,11,13-21,25-26H,3,5-6,10,12,22-24H2,1-2H3,(H,40,46)(H4,38,39,41,42,45)/p+1. The van der Waals surface area contributed by atoms with Crippen LogP contribution in [0.1, 0.15) is 63.5 Å². The smallest absolute Gasteiger partial charge is 0.334 e. The van der Waals surface area contributed by atoms with Gasteiger partial charge in [-0.2, -0.15) is 0 Å². The molecule has 9 heteroatoms. The van der Waals surface area contributed by atoms with Gasteiger partial charge in [-0.15, -0.1) is 0 Å². The first-order chi connectivity index (χ1) is 22.3. The monoisotopic (exact) mass is 618 g/mol. The van der Waals surface area contributed by atoms with Crippen LogP contribution in [-0.4, -0.2) is 31.0 Å². The van der Waals surface area contributed by atoms with Crippen LogP contribution in [-0.2, 0) is 4.79 Å². The Bertz CT molecular complexity index is 1650. The minimum atomic E-state index is -0.354. The summed E-state index contributed by atoms with van der Waals surface area (Å²) >= 11 is 0. The normalized spacial score (nSPS) is 20.2. The van der Waals surface area contributed by atoms with E-state index in [0.717, 1.165) is 36.1 Å². The van der Waals surface area contributed by atoms with Crippen molar-refractivity contribution in [2.75, 3.05) is 18.0 Å². The number of nitrogens with two attached hydrogens (primary N) is 2. The third-order valence-electron chi connectivity index (χ3n) is 9.01. The van der Waals surface area contributed by atoms with Crippen molar-refractivity contribution in [1.82, 2.24) is 5.32 Å². The Morgan fingerprint density at radius 2 is 1.78 bits per heavy atom. The second-order valence-electron chi connectivity index (χ2n) is 12.2. The van der Waals surface area contributed by atoms with Gasteiger partial charge in [-0.3, -0.25) is 21.3 Å². The average Bonchev–Trinajstić information content (AvgIpc) is 3.08. The highest BCUT2D eigenvalue weighted by atomic mass is 16.2. The summed E-state index contributed by atoms with van der Waals surface area (Å²) in [6.45, 7) is 5.10. The van der Waals surface area contributed by atoms with Crippen LogP contribution in [0.25, 0.3) is 11.1 Å². The predicted octanol–water partition coefficient (Wildman–Crippen LogP) is 5.35. The molecule has 9 nitrogen and oxygen atoms in total. The van der Waals surface area contributed by atoms with Gasteiger partial charge in [0.1, 0.15) is 0 Å². The highest BCUT2D eigenvalue weighted by Crippen LogP contribution is 2.33. The second-order valence-corrected chi connectivity index (χ2v) is 12.2. The molecule has 2 unspecified atom stereocenters. The number of carbonyl (C=O) groups is 2. The van der Waals surface area contributed by atoms with Crippen LogP contribution in [0.2, 0.25) is 0 Å². The lowest BCUT2D eigenvalue weighted by molar-refractivity contribution is -0.374. The molecule has 0 radical (unpaired) electrons. The molecule has 0 saturated carbocycles. The van der Waals surface area contributed by atoms with Crippen LogP contribution in [0.3, 0.4) is 0 Å². The molecule has 6 N–H and O–H groups in total. The molecule has 0 saturated heterocycles. The number of allylic oxidation sites excluding steroid dienone is 7. The van der Waals surface area contributed by atoms with Gasteiger partial charge < -0.3 is 5.32 Å². The molecule has 2 aromatic rings. The molecular weight excluding hydrogens is 574 g/mol. The molecule has 238 valence electrons. The first-order valence-electron chi connectivity index (χ1n) is 16.1. The van der Waals surface area contributed by atoms with Crippen LogP contribution in [0, 0.1) is 11.8 Å². The first kappa shape index (κ1) is 32.3. The third-order valence-corrected chi connectivity index (χ3v) is 9.01. The van der Waals surface area contributed by atoms with Crippen molar-refractivity contribution in [3.8, 4) is 0 Å². The lowest BCUT2D eigenvalue weighted by Crippen LogP contribution is -2.79.